The zero-order valence-corrected chi connectivity index (χ0v) is 12.1. The molecule has 2 unspecified atom stereocenters. The second-order valence-corrected chi connectivity index (χ2v) is 5.09. The Bertz CT molecular complexity index is 507. The third-order valence-electron chi connectivity index (χ3n) is 3.16. The van der Waals surface area contributed by atoms with Crippen molar-refractivity contribution in [1.29, 1.82) is 0 Å². The first kappa shape index (κ1) is 16.4. The topological polar surface area (TPSA) is 66.4 Å². The number of nitrogens with one attached hydrogen (secondary N) is 1. The monoisotopic (exact) mass is 301 g/mol. The van der Waals surface area contributed by atoms with Gasteiger partial charge in [-0.15, -0.1) is 0 Å². The average molecular weight is 302 g/mol. The third-order valence-corrected chi connectivity index (χ3v) is 3.51. The van der Waals surface area contributed by atoms with E-state index >= 15 is 0 Å². The largest absolute Gasteiger partial charge is 0.480 e. The van der Waals surface area contributed by atoms with Crippen molar-refractivity contribution in [2.75, 3.05) is 0 Å². The lowest BCUT2D eigenvalue weighted by atomic mass is 9.99. The van der Waals surface area contributed by atoms with Gasteiger partial charge in [-0.25, -0.2) is 9.18 Å². The van der Waals surface area contributed by atoms with E-state index in [1.165, 1.54) is 12.1 Å². The van der Waals surface area contributed by atoms with Crippen LogP contribution in [-0.2, 0) is 16.0 Å². The van der Waals surface area contributed by atoms with Crippen LogP contribution >= 0.6 is 11.6 Å². The van der Waals surface area contributed by atoms with Gasteiger partial charge in [0.25, 0.3) is 0 Å². The lowest BCUT2D eigenvalue weighted by Crippen LogP contribution is -2.45. The zero-order chi connectivity index (χ0) is 15.3. The van der Waals surface area contributed by atoms with Crippen LogP contribution in [0.25, 0.3) is 0 Å². The molecule has 0 spiro atoms. The van der Waals surface area contributed by atoms with Gasteiger partial charge in [-0.1, -0.05) is 37.9 Å². The highest BCUT2D eigenvalue weighted by molar-refractivity contribution is 6.31. The van der Waals surface area contributed by atoms with E-state index in [-0.39, 0.29) is 17.4 Å². The molecule has 1 rings (SSSR count). The van der Waals surface area contributed by atoms with Gasteiger partial charge in [0, 0.05) is 5.02 Å². The number of aliphatic carboxylic acids is 1. The maximum absolute atomic E-state index is 12.9. The van der Waals surface area contributed by atoms with Crippen molar-refractivity contribution in [2.24, 2.45) is 5.92 Å². The fourth-order valence-electron chi connectivity index (χ4n) is 1.75. The number of carboxylic acids is 1. The summed E-state index contributed by atoms with van der Waals surface area (Å²) in [5.41, 5.74) is 0.457. The van der Waals surface area contributed by atoms with Crippen LogP contribution in [0.5, 0.6) is 0 Å². The van der Waals surface area contributed by atoms with Crippen molar-refractivity contribution in [3.8, 4) is 0 Å². The van der Waals surface area contributed by atoms with E-state index in [1.807, 2.05) is 6.92 Å². The Labute approximate surface area is 121 Å². The molecule has 0 bridgehead atoms. The number of benzene rings is 1. The number of carboxylic acid groups (broad SMARTS) is 1. The fourth-order valence-corrected chi connectivity index (χ4v) is 1.98. The second kappa shape index (κ2) is 7.24. The van der Waals surface area contributed by atoms with Crippen molar-refractivity contribution in [2.45, 2.75) is 32.7 Å². The van der Waals surface area contributed by atoms with Crippen molar-refractivity contribution in [1.82, 2.24) is 5.32 Å². The first-order chi connectivity index (χ1) is 9.35. The summed E-state index contributed by atoms with van der Waals surface area (Å²) in [4.78, 5) is 23.0. The van der Waals surface area contributed by atoms with Gasteiger partial charge >= 0.3 is 5.97 Å². The highest BCUT2D eigenvalue weighted by Crippen LogP contribution is 2.18. The predicted octanol–water partition coefficient (Wildman–Crippen LogP) is 2.64. The number of rotatable bonds is 6. The number of hydrogen-bond donors (Lipinski definition) is 2. The molecular formula is C14H17ClFNO3. The summed E-state index contributed by atoms with van der Waals surface area (Å²) < 4.78 is 12.9. The molecule has 0 heterocycles. The molecule has 20 heavy (non-hydrogen) atoms. The van der Waals surface area contributed by atoms with Crippen molar-refractivity contribution in [3.05, 3.63) is 34.6 Å². The molecule has 110 valence electrons. The molecule has 1 aromatic carbocycles. The van der Waals surface area contributed by atoms with Gasteiger partial charge in [-0.05, 0) is 23.6 Å². The molecule has 0 aliphatic rings. The molecule has 0 radical (unpaired) electrons. The van der Waals surface area contributed by atoms with Crippen LogP contribution in [0.4, 0.5) is 4.39 Å². The first-order valence-corrected chi connectivity index (χ1v) is 6.69. The Morgan fingerprint density at radius 2 is 2.10 bits per heavy atom. The molecule has 2 N–H and O–H groups in total. The smallest absolute Gasteiger partial charge is 0.326 e. The summed E-state index contributed by atoms with van der Waals surface area (Å²) >= 11 is 5.83. The van der Waals surface area contributed by atoms with Crippen LogP contribution in [0.3, 0.4) is 0 Å². The van der Waals surface area contributed by atoms with Crippen LogP contribution in [0.1, 0.15) is 25.8 Å². The highest BCUT2D eigenvalue weighted by Gasteiger charge is 2.25. The minimum atomic E-state index is -1.07. The molecule has 0 saturated heterocycles. The van der Waals surface area contributed by atoms with E-state index in [2.05, 4.69) is 5.32 Å². The minimum Gasteiger partial charge on any atom is -0.480 e. The Balaban J connectivity index is 2.73. The molecule has 0 aromatic heterocycles. The Hall–Kier alpha value is -1.62. The maximum atomic E-state index is 12.9. The van der Waals surface area contributed by atoms with Gasteiger partial charge in [0.2, 0.25) is 5.91 Å². The van der Waals surface area contributed by atoms with Crippen LogP contribution in [-0.4, -0.2) is 23.0 Å². The van der Waals surface area contributed by atoms with Crippen LogP contribution in [0.15, 0.2) is 18.2 Å². The molecule has 0 fully saturated rings. The first-order valence-electron chi connectivity index (χ1n) is 6.31. The molecule has 1 aromatic rings. The quantitative estimate of drug-likeness (QED) is 0.849. The molecule has 1 amide bonds. The van der Waals surface area contributed by atoms with E-state index in [1.54, 1.807) is 6.92 Å². The van der Waals surface area contributed by atoms with Gasteiger partial charge in [0.05, 0.1) is 6.42 Å². The van der Waals surface area contributed by atoms with Gasteiger partial charge in [0.1, 0.15) is 11.9 Å². The number of carbonyl (C=O) groups is 2. The van der Waals surface area contributed by atoms with Crippen molar-refractivity contribution >= 4 is 23.5 Å². The number of carbonyl (C=O) groups excluding carboxylic acids is 1. The summed E-state index contributed by atoms with van der Waals surface area (Å²) in [6.07, 6.45) is 0.549. The number of halogens is 2. The number of hydrogen-bond acceptors (Lipinski definition) is 2. The van der Waals surface area contributed by atoms with E-state index in [0.717, 1.165) is 6.07 Å². The molecule has 2 atom stereocenters. The lowest BCUT2D eigenvalue weighted by molar-refractivity contribution is -0.143. The van der Waals surface area contributed by atoms with E-state index in [0.29, 0.717) is 12.0 Å². The predicted molar refractivity (Wildman–Crippen MR) is 74.1 cm³/mol. The van der Waals surface area contributed by atoms with Gasteiger partial charge < -0.3 is 10.4 Å². The molecule has 4 nitrogen and oxygen atoms in total. The molecule has 0 aliphatic heterocycles. The molecule has 6 heteroatoms. The Morgan fingerprint density at radius 1 is 1.45 bits per heavy atom. The van der Waals surface area contributed by atoms with E-state index < -0.39 is 23.7 Å². The van der Waals surface area contributed by atoms with Crippen LogP contribution in [0.2, 0.25) is 5.02 Å². The highest BCUT2D eigenvalue weighted by atomic mass is 35.5. The SMILES string of the molecule is CCC(C)C(NC(=O)Cc1ccc(F)cc1Cl)C(=O)O. The molecule has 0 saturated carbocycles. The fraction of sp³-hybridized carbons (Fsp3) is 0.429. The Kier molecular flexibility index (Phi) is 5.95. The van der Waals surface area contributed by atoms with Gasteiger partial charge in [0.15, 0.2) is 0 Å². The molecular weight excluding hydrogens is 285 g/mol. The van der Waals surface area contributed by atoms with E-state index in [9.17, 15) is 14.0 Å². The van der Waals surface area contributed by atoms with Crippen LogP contribution in [0, 0.1) is 11.7 Å². The lowest BCUT2D eigenvalue weighted by Gasteiger charge is -2.20. The summed E-state index contributed by atoms with van der Waals surface area (Å²) in [5.74, 6) is -2.19. The molecule has 0 aliphatic carbocycles. The van der Waals surface area contributed by atoms with Crippen molar-refractivity contribution < 1.29 is 19.1 Å². The minimum absolute atomic E-state index is 0.0840. The maximum Gasteiger partial charge on any atom is 0.326 e. The standard InChI is InChI=1S/C14H17ClFNO3/c1-3-8(2)13(14(19)20)17-12(18)6-9-4-5-10(16)7-11(9)15/h4-5,7-8,13H,3,6H2,1-2H3,(H,17,18)(H,19,20). The van der Waals surface area contributed by atoms with Gasteiger partial charge in [-0.2, -0.15) is 0 Å². The zero-order valence-electron chi connectivity index (χ0n) is 11.3. The summed E-state index contributed by atoms with van der Waals surface area (Å²) in [6.45, 7) is 3.60. The van der Waals surface area contributed by atoms with Gasteiger partial charge in [-0.3, -0.25) is 4.79 Å². The summed E-state index contributed by atoms with van der Waals surface area (Å²) in [6, 6.07) is 2.80. The summed E-state index contributed by atoms with van der Waals surface area (Å²) in [5, 5.41) is 11.7. The number of amides is 1. The average Bonchev–Trinajstić information content (AvgIpc) is 2.38. The van der Waals surface area contributed by atoms with Crippen molar-refractivity contribution in [3.63, 3.8) is 0 Å². The normalized spacial score (nSPS) is 13.6. The Morgan fingerprint density at radius 3 is 2.60 bits per heavy atom. The third kappa shape index (κ3) is 4.49. The van der Waals surface area contributed by atoms with E-state index in [4.69, 9.17) is 16.7 Å². The summed E-state index contributed by atoms with van der Waals surface area (Å²) in [7, 11) is 0. The second-order valence-electron chi connectivity index (χ2n) is 4.68. The van der Waals surface area contributed by atoms with Crippen LogP contribution < -0.4 is 5.32 Å².